The van der Waals surface area contributed by atoms with E-state index in [-0.39, 0.29) is 32.8 Å². The monoisotopic (exact) mass is 790 g/mol. The summed E-state index contributed by atoms with van der Waals surface area (Å²) in [5.41, 5.74) is 5.35. The van der Waals surface area contributed by atoms with Crippen molar-refractivity contribution in [1.82, 2.24) is 0 Å². The lowest BCUT2D eigenvalue weighted by molar-refractivity contribution is -0.153. The Morgan fingerprint density at radius 1 is 0.673 bits per heavy atom. The maximum absolute atomic E-state index is 12.5. The smallest absolute Gasteiger partial charge is 0.472 e. The van der Waals surface area contributed by atoms with Crippen LogP contribution in [-0.4, -0.2) is 55.5 Å². The molecule has 0 spiro atoms. The number of ether oxygens (including phenoxy) is 3. The molecule has 9 nitrogen and oxygen atoms in total. The van der Waals surface area contributed by atoms with Gasteiger partial charge in [-0.2, -0.15) is 0 Å². The van der Waals surface area contributed by atoms with E-state index in [1.54, 1.807) is 6.26 Å². The third kappa shape index (κ3) is 34.5. The number of unbranched alkanes of at least 4 members (excludes halogenated alkanes) is 11. The topological polar surface area (TPSA) is 130 Å². The Labute approximate surface area is 334 Å². The maximum Gasteiger partial charge on any atom is 0.472 e. The molecule has 0 aromatic rings. The number of hydrogen-bond donors (Lipinski definition) is 2. The molecule has 0 aliphatic carbocycles. The van der Waals surface area contributed by atoms with Gasteiger partial charge >= 0.3 is 13.8 Å². The van der Waals surface area contributed by atoms with Gasteiger partial charge in [-0.1, -0.05) is 151 Å². The Hall–Kier alpha value is -2.52. The third-order valence-corrected chi connectivity index (χ3v) is 9.79. The standard InChI is InChI=1S/C45H76NO8P/c1-3-5-7-8-9-10-11-12-13-14-17-20-23-26-29-33-38-50-40-42(41-52-55(48,49)51-39-37-46)53-45(47)36-32-28-25-22-19-16-15-18-21-24-27-31-35-44-43(54-44)34-30-6-4-2/h6,16,18-19,21,23,25-28,30-31,33,38,42-44H,3-5,7-15,17,20,22,24,29,32,34-37,39-41,46H2,1-2H3,(H,48,49)/b19-16-,21-18-,26-23-,28-25-,30-6-,31-27-,38-33-. The molecule has 10 heteroatoms. The summed E-state index contributed by atoms with van der Waals surface area (Å²) in [7, 11) is -4.33. The molecule has 0 bridgehead atoms. The lowest BCUT2D eigenvalue weighted by Crippen LogP contribution is -2.27. The van der Waals surface area contributed by atoms with Crippen LogP contribution in [0.25, 0.3) is 0 Å². The number of rotatable bonds is 38. The van der Waals surface area contributed by atoms with Crippen molar-refractivity contribution in [3.63, 3.8) is 0 Å². The van der Waals surface area contributed by atoms with E-state index in [1.807, 2.05) is 18.2 Å². The fourth-order valence-electron chi connectivity index (χ4n) is 5.60. The second kappa shape index (κ2) is 37.1. The summed E-state index contributed by atoms with van der Waals surface area (Å²) in [4.78, 5) is 22.4. The molecule has 0 aromatic carbocycles. The van der Waals surface area contributed by atoms with Gasteiger partial charge in [0.25, 0.3) is 0 Å². The van der Waals surface area contributed by atoms with Gasteiger partial charge in [-0.15, -0.1) is 0 Å². The van der Waals surface area contributed by atoms with Gasteiger partial charge in [-0.3, -0.25) is 13.8 Å². The lowest BCUT2D eigenvalue weighted by atomic mass is 10.1. The Balaban J connectivity index is 2.23. The van der Waals surface area contributed by atoms with E-state index in [0.29, 0.717) is 18.6 Å². The van der Waals surface area contributed by atoms with Crippen molar-refractivity contribution in [2.75, 3.05) is 26.4 Å². The number of epoxide rings is 1. The minimum absolute atomic E-state index is 0.0278. The van der Waals surface area contributed by atoms with E-state index >= 15 is 0 Å². The summed E-state index contributed by atoms with van der Waals surface area (Å²) >= 11 is 0. The predicted octanol–water partition coefficient (Wildman–Crippen LogP) is 11.9. The van der Waals surface area contributed by atoms with E-state index < -0.39 is 19.9 Å². The van der Waals surface area contributed by atoms with E-state index in [0.717, 1.165) is 51.4 Å². The first kappa shape index (κ1) is 50.5. The number of carbonyl (C=O) groups is 1. The molecule has 4 unspecified atom stereocenters. The molecule has 1 rings (SSSR count). The molecule has 0 saturated carbocycles. The Morgan fingerprint density at radius 3 is 1.80 bits per heavy atom. The lowest BCUT2D eigenvalue weighted by Gasteiger charge is -2.19. The SMILES string of the molecule is CC/C=C\CC1OC1C/C=C\C/C=C\C/C=C\C/C=C\CCC(=O)OC(CO/C=C\C/C=C\CCCCCCCCCCCCC)COP(=O)(O)OCCN. The molecule has 3 N–H and O–H groups in total. The highest BCUT2D eigenvalue weighted by atomic mass is 31.2. The van der Waals surface area contributed by atoms with Crippen molar-refractivity contribution in [3.05, 3.63) is 85.3 Å². The molecule has 1 heterocycles. The molecule has 1 saturated heterocycles. The highest BCUT2D eigenvalue weighted by Gasteiger charge is 2.36. The maximum atomic E-state index is 12.5. The van der Waals surface area contributed by atoms with Crippen LogP contribution in [0.5, 0.6) is 0 Å². The molecular weight excluding hydrogens is 713 g/mol. The van der Waals surface area contributed by atoms with Crippen LogP contribution >= 0.6 is 7.82 Å². The summed E-state index contributed by atoms with van der Waals surface area (Å²) < 4.78 is 38.7. The van der Waals surface area contributed by atoms with E-state index in [9.17, 15) is 14.3 Å². The van der Waals surface area contributed by atoms with Gasteiger partial charge in [0.2, 0.25) is 0 Å². The zero-order valence-corrected chi connectivity index (χ0v) is 35.2. The van der Waals surface area contributed by atoms with Gasteiger partial charge in [0, 0.05) is 13.0 Å². The normalized spacial score (nSPS) is 18.0. The van der Waals surface area contributed by atoms with Crippen molar-refractivity contribution in [2.24, 2.45) is 5.73 Å². The number of hydrogen-bond acceptors (Lipinski definition) is 8. The van der Waals surface area contributed by atoms with Crippen LogP contribution in [0, 0.1) is 0 Å². The van der Waals surface area contributed by atoms with Crippen molar-refractivity contribution in [3.8, 4) is 0 Å². The quantitative estimate of drug-likeness (QED) is 0.0157. The van der Waals surface area contributed by atoms with Gasteiger partial charge in [0.05, 0.1) is 31.7 Å². The summed E-state index contributed by atoms with van der Waals surface area (Å²) in [6, 6.07) is 0. The van der Waals surface area contributed by atoms with Crippen LogP contribution in [0.1, 0.15) is 149 Å². The zero-order chi connectivity index (χ0) is 39.9. The molecule has 1 aliphatic heterocycles. The highest BCUT2D eigenvalue weighted by molar-refractivity contribution is 7.47. The fourth-order valence-corrected chi connectivity index (χ4v) is 6.37. The van der Waals surface area contributed by atoms with Gasteiger partial charge in [0.15, 0.2) is 6.10 Å². The Morgan fingerprint density at radius 2 is 1.20 bits per heavy atom. The number of nitrogens with two attached hydrogens (primary N) is 1. The minimum Gasteiger partial charge on any atom is -0.498 e. The summed E-state index contributed by atoms with van der Waals surface area (Å²) in [6.07, 6.45) is 51.8. The molecule has 1 aliphatic rings. The van der Waals surface area contributed by atoms with Crippen LogP contribution in [0.15, 0.2) is 85.3 Å². The van der Waals surface area contributed by atoms with Gasteiger partial charge in [0.1, 0.15) is 6.61 Å². The minimum atomic E-state index is -4.33. The molecule has 1 fully saturated rings. The van der Waals surface area contributed by atoms with Crippen LogP contribution in [0.4, 0.5) is 0 Å². The van der Waals surface area contributed by atoms with Crippen molar-refractivity contribution in [2.45, 2.75) is 167 Å². The number of phosphoric ester groups is 1. The Bertz CT molecular complexity index is 1180. The van der Waals surface area contributed by atoms with E-state index in [1.165, 1.54) is 70.6 Å². The summed E-state index contributed by atoms with van der Waals surface area (Å²) in [5, 5.41) is 0. The number of esters is 1. The number of carbonyl (C=O) groups excluding carboxylic acids is 1. The Kier molecular flexibility index (Phi) is 34.0. The number of allylic oxidation sites excluding steroid dienone is 11. The first-order chi connectivity index (χ1) is 26.9. The van der Waals surface area contributed by atoms with Crippen molar-refractivity contribution < 1.29 is 37.5 Å². The molecule has 4 atom stereocenters. The van der Waals surface area contributed by atoms with E-state index in [4.69, 9.17) is 29.0 Å². The van der Waals surface area contributed by atoms with Gasteiger partial charge < -0.3 is 24.8 Å². The fraction of sp³-hybridized carbons (Fsp3) is 0.667. The zero-order valence-electron chi connectivity index (χ0n) is 34.3. The largest absolute Gasteiger partial charge is 0.498 e. The predicted molar refractivity (Wildman–Crippen MR) is 228 cm³/mol. The second-order valence-electron chi connectivity index (χ2n) is 13.9. The molecular formula is C45H76NO8P. The molecule has 314 valence electrons. The average Bonchev–Trinajstić information content (AvgIpc) is 3.93. The van der Waals surface area contributed by atoms with E-state index in [2.05, 4.69) is 74.6 Å². The van der Waals surface area contributed by atoms with Crippen molar-refractivity contribution >= 4 is 13.8 Å². The van der Waals surface area contributed by atoms with Crippen molar-refractivity contribution in [1.29, 1.82) is 0 Å². The third-order valence-electron chi connectivity index (χ3n) is 8.81. The molecule has 0 aromatic heterocycles. The van der Waals surface area contributed by atoms with Crippen LogP contribution in [0.2, 0.25) is 0 Å². The van der Waals surface area contributed by atoms with Gasteiger partial charge in [-0.25, -0.2) is 4.57 Å². The first-order valence-electron chi connectivity index (χ1n) is 21.2. The van der Waals surface area contributed by atoms with Crippen LogP contribution < -0.4 is 5.73 Å². The van der Waals surface area contributed by atoms with Crippen LogP contribution in [-0.2, 0) is 32.6 Å². The first-order valence-corrected chi connectivity index (χ1v) is 22.7. The summed E-state index contributed by atoms with van der Waals surface area (Å²) in [6.45, 7) is 3.97. The van der Waals surface area contributed by atoms with Crippen LogP contribution in [0.3, 0.4) is 0 Å². The molecule has 0 amide bonds. The molecule has 0 radical (unpaired) electrons. The summed E-state index contributed by atoms with van der Waals surface area (Å²) in [5.74, 6) is -0.449. The van der Waals surface area contributed by atoms with Gasteiger partial charge in [-0.05, 0) is 70.3 Å². The number of phosphoric acid groups is 1. The average molecular weight is 790 g/mol. The molecule has 55 heavy (non-hydrogen) atoms. The highest BCUT2D eigenvalue weighted by Crippen LogP contribution is 2.43. The second-order valence-corrected chi connectivity index (χ2v) is 15.4.